The summed E-state index contributed by atoms with van der Waals surface area (Å²) in [5, 5.41) is 0.941. The minimum Gasteiger partial charge on any atom is -0.264 e. The number of pyridine rings is 1. The molecule has 8 heteroatoms. The van der Waals surface area contributed by atoms with Gasteiger partial charge >= 0.3 is 0 Å². The number of thioether (sulfide) groups is 1. The molecule has 30 heavy (non-hydrogen) atoms. The molecule has 1 aliphatic rings. The number of nitrogens with zero attached hydrogens (tertiary/aromatic N) is 2. The number of rotatable bonds is 3. The first kappa shape index (κ1) is 19.5. The largest absolute Gasteiger partial charge is 0.273 e. The SMILES string of the molecule is Cc1ccc2sc(S(=O)(=O)N3CCSc4ccc(-c5ccc(F)nc5)cc43)cc2c1. The van der Waals surface area contributed by atoms with Crippen LogP contribution in [0.15, 0.2) is 69.9 Å². The Morgan fingerprint density at radius 3 is 2.67 bits per heavy atom. The van der Waals surface area contributed by atoms with Crippen molar-refractivity contribution in [1.29, 1.82) is 0 Å². The van der Waals surface area contributed by atoms with Crippen molar-refractivity contribution in [3.05, 3.63) is 72.3 Å². The number of aromatic nitrogens is 1. The lowest BCUT2D eigenvalue weighted by atomic mass is 10.1. The molecule has 1 aliphatic heterocycles. The number of benzene rings is 2. The summed E-state index contributed by atoms with van der Waals surface area (Å²) in [5.74, 6) is 0.143. The van der Waals surface area contributed by atoms with Crippen molar-refractivity contribution in [3.63, 3.8) is 0 Å². The van der Waals surface area contributed by atoms with Crippen LogP contribution in [0.1, 0.15) is 5.56 Å². The molecule has 2 aromatic heterocycles. The van der Waals surface area contributed by atoms with E-state index in [1.165, 1.54) is 27.9 Å². The summed E-state index contributed by atoms with van der Waals surface area (Å²) in [4.78, 5) is 4.63. The molecule has 0 saturated carbocycles. The highest BCUT2D eigenvalue weighted by Crippen LogP contribution is 2.41. The first-order chi connectivity index (χ1) is 14.4. The minimum atomic E-state index is -3.69. The minimum absolute atomic E-state index is 0.342. The van der Waals surface area contributed by atoms with Gasteiger partial charge in [0.15, 0.2) is 0 Å². The number of hydrogen-bond donors (Lipinski definition) is 0. The Kier molecular flexibility index (Phi) is 4.80. The smallest absolute Gasteiger partial charge is 0.264 e. The van der Waals surface area contributed by atoms with Crippen molar-refractivity contribution in [1.82, 2.24) is 4.98 Å². The number of fused-ring (bicyclic) bond motifs is 2. The molecular formula is C22H17FN2O2S3. The second-order valence-electron chi connectivity index (χ2n) is 7.08. The number of hydrogen-bond acceptors (Lipinski definition) is 5. The maximum Gasteiger partial charge on any atom is 0.273 e. The maximum atomic E-state index is 13.6. The van der Waals surface area contributed by atoms with E-state index in [0.29, 0.717) is 22.2 Å². The standard InChI is InChI=1S/C22H17FN2O2S3/c1-14-2-5-19-17(10-14)12-22(29-19)30(26,27)25-8-9-28-20-6-3-15(11-18(20)25)16-4-7-21(23)24-13-16/h2-7,10-13H,8-9H2,1H3. The first-order valence-electron chi connectivity index (χ1n) is 9.33. The topological polar surface area (TPSA) is 50.3 Å². The lowest BCUT2D eigenvalue weighted by Crippen LogP contribution is -2.35. The number of thiophene rings is 1. The number of anilines is 1. The second-order valence-corrected chi connectivity index (χ2v) is 11.4. The van der Waals surface area contributed by atoms with Gasteiger partial charge in [-0.1, -0.05) is 23.8 Å². The summed E-state index contributed by atoms with van der Waals surface area (Å²) in [6.45, 7) is 2.40. The first-order valence-corrected chi connectivity index (χ1v) is 12.6. The summed E-state index contributed by atoms with van der Waals surface area (Å²) in [7, 11) is -3.69. The van der Waals surface area contributed by atoms with Gasteiger partial charge in [0.05, 0.1) is 5.69 Å². The van der Waals surface area contributed by atoms with E-state index < -0.39 is 16.0 Å². The number of halogens is 1. The van der Waals surface area contributed by atoms with Gasteiger partial charge < -0.3 is 0 Å². The fourth-order valence-electron chi connectivity index (χ4n) is 3.54. The molecule has 0 bridgehead atoms. The van der Waals surface area contributed by atoms with Crippen molar-refractivity contribution in [2.24, 2.45) is 0 Å². The lowest BCUT2D eigenvalue weighted by molar-refractivity contribution is 0.584. The fourth-order valence-corrected chi connectivity index (χ4v) is 7.66. The normalized spacial score (nSPS) is 14.1. The van der Waals surface area contributed by atoms with Crippen LogP contribution in [0.25, 0.3) is 21.2 Å². The Bertz CT molecular complexity index is 1370. The number of sulfonamides is 1. The molecule has 0 unspecified atom stereocenters. The second kappa shape index (κ2) is 7.37. The molecule has 2 aromatic carbocycles. The van der Waals surface area contributed by atoms with E-state index in [0.717, 1.165) is 31.7 Å². The molecule has 0 radical (unpaired) electrons. The Labute approximate surface area is 182 Å². The Hall–Kier alpha value is -2.42. The lowest BCUT2D eigenvalue weighted by Gasteiger charge is -2.30. The summed E-state index contributed by atoms with van der Waals surface area (Å²) >= 11 is 2.93. The monoisotopic (exact) mass is 456 g/mol. The van der Waals surface area contributed by atoms with Gasteiger partial charge in [-0.15, -0.1) is 23.1 Å². The van der Waals surface area contributed by atoms with Crippen LogP contribution in [0.2, 0.25) is 0 Å². The molecule has 4 nitrogen and oxygen atoms in total. The van der Waals surface area contributed by atoms with Crippen LogP contribution >= 0.6 is 23.1 Å². The zero-order valence-electron chi connectivity index (χ0n) is 16.0. The van der Waals surface area contributed by atoms with E-state index >= 15 is 0 Å². The average Bonchev–Trinajstić information content (AvgIpc) is 3.17. The molecule has 0 saturated heterocycles. The number of aryl methyl sites for hydroxylation is 1. The zero-order chi connectivity index (χ0) is 20.9. The van der Waals surface area contributed by atoms with Crippen LogP contribution in [0, 0.1) is 12.9 Å². The fraction of sp³-hybridized carbons (Fsp3) is 0.136. The third-order valence-corrected chi connectivity index (χ3v) is 9.46. The molecule has 0 atom stereocenters. The van der Waals surface area contributed by atoms with Crippen LogP contribution in [0.4, 0.5) is 10.1 Å². The van der Waals surface area contributed by atoms with Crippen molar-refractivity contribution in [2.75, 3.05) is 16.6 Å². The van der Waals surface area contributed by atoms with Gasteiger partial charge in [-0.25, -0.2) is 13.4 Å². The summed E-state index contributed by atoms with van der Waals surface area (Å²) < 4.78 is 43.1. The molecule has 0 spiro atoms. The molecule has 0 amide bonds. The summed E-state index contributed by atoms with van der Waals surface area (Å²) in [5.41, 5.74) is 3.30. The summed E-state index contributed by atoms with van der Waals surface area (Å²) in [6, 6.07) is 16.4. The highest BCUT2D eigenvalue weighted by molar-refractivity contribution is 8.00. The Morgan fingerprint density at radius 2 is 1.87 bits per heavy atom. The van der Waals surface area contributed by atoms with Crippen LogP contribution < -0.4 is 4.31 Å². The van der Waals surface area contributed by atoms with Gasteiger partial charge in [-0.05, 0) is 54.3 Å². The van der Waals surface area contributed by atoms with Gasteiger partial charge in [-0.2, -0.15) is 4.39 Å². The van der Waals surface area contributed by atoms with E-state index in [2.05, 4.69) is 4.98 Å². The molecule has 5 rings (SSSR count). The van der Waals surface area contributed by atoms with Crippen LogP contribution in [0.3, 0.4) is 0 Å². The van der Waals surface area contributed by atoms with Crippen molar-refractivity contribution in [3.8, 4) is 11.1 Å². The van der Waals surface area contributed by atoms with Crippen LogP contribution in [-0.4, -0.2) is 25.7 Å². The highest BCUT2D eigenvalue weighted by atomic mass is 32.2. The van der Waals surface area contributed by atoms with E-state index in [4.69, 9.17) is 0 Å². The van der Waals surface area contributed by atoms with E-state index in [1.807, 2.05) is 43.3 Å². The van der Waals surface area contributed by atoms with Crippen LogP contribution in [-0.2, 0) is 10.0 Å². The van der Waals surface area contributed by atoms with Crippen molar-refractivity contribution < 1.29 is 12.8 Å². The van der Waals surface area contributed by atoms with Crippen molar-refractivity contribution >= 4 is 48.9 Å². The predicted octanol–water partition coefficient (Wildman–Crippen LogP) is 5.71. The molecule has 3 heterocycles. The average molecular weight is 457 g/mol. The molecule has 0 N–H and O–H groups in total. The maximum absolute atomic E-state index is 13.6. The van der Waals surface area contributed by atoms with Gasteiger partial charge in [0.2, 0.25) is 5.95 Å². The molecule has 0 aliphatic carbocycles. The van der Waals surface area contributed by atoms with E-state index in [-0.39, 0.29) is 0 Å². The predicted molar refractivity (Wildman–Crippen MR) is 121 cm³/mol. The Morgan fingerprint density at radius 1 is 1.03 bits per heavy atom. The quantitative estimate of drug-likeness (QED) is 0.371. The van der Waals surface area contributed by atoms with E-state index in [9.17, 15) is 12.8 Å². The third-order valence-electron chi connectivity index (χ3n) is 5.03. The molecule has 152 valence electrons. The Balaban J connectivity index is 1.60. The highest BCUT2D eigenvalue weighted by Gasteiger charge is 2.31. The third kappa shape index (κ3) is 3.38. The van der Waals surface area contributed by atoms with E-state index in [1.54, 1.807) is 23.9 Å². The molecule has 0 fully saturated rings. The molecular weight excluding hydrogens is 439 g/mol. The van der Waals surface area contributed by atoms with Gasteiger partial charge in [-0.3, -0.25) is 4.31 Å². The van der Waals surface area contributed by atoms with Gasteiger partial charge in [0.25, 0.3) is 10.0 Å². The zero-order valence-corrected chi connectivity index (χ0v) is 18.5. The van der Waals surface area contributed by atoms with Crippen LogP contribution in [0.5, 0.6) is 0 Å². The molecule has 4 aromatic rings. The van der Waals surface area contributed by atoms with Gasteiger partial charge in [0, 0.05) is 33.7 Å². The van der Waals surface area contributed by atoms with Crippen molar-refractivity contribution in [2.45, 2.75) is 16.0 Å². The summed E-state index contributed by atoms with van der Waals surface area (Å²) in [6.07, 6.45) is 1.46. The van der Waals surface area contributed by atoms with Gasteiger partial charge in [0.1, 0.15) is 4.21 Å².